The molecule has 4 heteroatoms. The molecule has 0 amide bonds. The summed E-state index contributed by atoms with van der Waals surface area (Å²) in [5.74, 6) is 0.886. The summed E-state index contributed by atoms with van der Waals surface area (Å²) in [7, 11) is 2.10. The molecule has 2 heterocycles. The number of likely N-dealkylation sites (N-methyl/N-ethyl adjacent to an activating group) is 1. The average molecular weight is 242 g/mol. The normalized spacial score (nSPS) is 10.8. The quantitative estimate of drug-likeness (QED) is 0.804. The van der Waals surface area contributed by atoms with Gasteiger partial charge in [-0.05, 0) is 31.8 Å². The van der Waals surface area contributed by atoms with Gasteiger partial charge in [0.25, 0.3) is 0 Å². The zero-order valence-electron chi connectivity index (χ0n) is 10.9. The molecule has 2 aromatic heterocycles. The molecule has 0 aliphatic heterocycles. The number of hydrogen-bond acceptors (Lipinski definition) is 4. The summed E-state index contributed by atoms with van der Waals surface area (Å²) in [5.41, 5.74) is 1.97. The molecular weight excluding hydrogens is 224 g/mol. The van der Waals surface area contributed by atoms with E-state index in [1.54, 1.807) is 6.20 Å². The monoisotopic (exact) mass is 242 g/mol. The maximum absolute atomic E-state index is 4.57. The topological polar surface area (TPSA) is 41.9 Å². The molecule has 0 bridgehead atoms. The lowest BCUT2D eigenvalue weighted by atomic mass is 10.2. The van der Waals surface area contributed by atoms with Gasteiger partial charge in [0.15, 0.2) is 0 Å². The molecule has 0 aromatic carbocycles. The second kappa shape index (κ2) is 6.21. The van der Waals surface area contributed by atoms with Crippen molar-refractivity contribution in [2.75, 3.05) is 20.1 Å². The zero-order valence-corrected chi connectivity index (χ0v) is 10.9. The summed E-state index contributed by atoms with van der Waals surface area (Å²) in [6.07, 6.45) is 6.28. The Labute approximate surface area is 108 Å². The molecule has 0 aliphatic carbocycles. The number of aromatic nitrogens is 3. The Kier molecular flexibility index (Phi) is 4.36. The van der Waals surface area contributed by atoms with Crippen molar-refractivity contribution >= 4 is 0 Å². The standard InChI is InChI=1S/C14H18N4/c1-3-18(2)10-7-14-16-9-6-13(17-14)12-5-4-8-15-11-12/h4-6,8-9,11H,3,7,10H2,1-2H3. The van der Waals surface area contributed by atoms with Gasteiger partial charge >= 0.3 is 0 Å². The molecule has 0 N–H and O–H groups in total. The van der Waals surface area contributed by atoms with E-state index in [0.29, 0.717) is 0 Å². The van der Waals surface area contributed by atoms with Crippen LogP contribution in [-0.2, 0) is 6.42 Å². The van der Waals surface area contributed by atoms with Crippen molar-refractivity contribution in [1.82, 2.24) is 19.9 Å². The highest BCUT2D eigenvalue weighted by atomic mass is 15.1. The van der Waals surface area contributed by atoms with Crippen molar-refractivity contribution < 1.29 is 0 Å². The van der Waals surface area contributed by atoms with E-state index in [1.807, 2.05) is 30.6 Å². The Bertz CT molecular complexity index is 484. The summed E-state index contributed by atoms with van der Waals surface area (Å²) in [6, 6.07) is 5.85. The Morgan fingerprint density at radius 3 is 2.83 bits per heavy atom. The minimum absolute atomic E-state index is 0.873. The molecule has 0 spiro atoms. The molecule has 0 saturated heterocycles. The summed E-state index contributed by atoms with van der Waals surface area (Å²) in [6.45, 7) is 4.17. The van der Waals surface area contributed by atoms with Gasteiger partial charge in [-0.15, -0.1) is 0 Å². The van der Waals surface area contributed by atoms with Gasteiger partial charge in [-0.2, -0.15) is 0 Å². The summed E-state index contributed by atoms with van der Waals surface area (Å²) >= 11 is 0. The molecular formula is C14H18N4. The van der Waals surface area contributed by atoms with Gasteiger partial charge < -0.3 is 4.90 Å². The van der Waals surface area contributed by atoms with Crippen LogP contribution in [0.2, 0.25) is 0 Å². The van der Waals surface area contributed by atoms with Crippen LogP contribution in [0.25, 0.3) is 11.3 Å². The Morgan fingerprint density at radius 2 is 2.11 bits per heavy atom. The molecule has 0 unspecified atom stereocenters. The first kappa shape index (κ1) is 12.6. The van der Waals surface area contributed by atoms with E-state index in [-0.39, 0.29) is 0 Å². The predicted octanol–water partition coefficient (Wildman–Crippen LogP) is 2.03. The van der Waals surface area contributed by atoms with Crippen molar-refractivity contribution in [3.05, 3.63) is 42.6 Å². The van der Waals surface area contributed by atoms with E-state index in [9.17, 15) is 0 Å². The maximum Gasteiger partial charge on any atom is 0.130 e. The molecule has 0 aliphatic rings. The predicted molar refractivity (Wildman–Crippen MR) is 72.1 cm³/mol. The van der Waals surface area contributed by atoms with E-state index < -0.39 is 0 Å². The van der Waals surface area contributed by atoms with E-state index in [0.717, 1.165) is 36.6 Å². The minimum atomic E-state index is 0.873. The van der Waals surface area contributed by atoms with Crippen molar-refractivity contribution in [1.29, 1.82) is 0 Å². The van der Waals surface area contributed by atoms with Gasteiger partial charge in [-0.1, -0.05) is 6.92 Å². The van der Waals surface area contributed by atoms with Gasteiger partial charge in [0, 0.05) is 37.1 Å². The van der Waals surface area contributed by atoms with Crippen LogP contribution in [0.1, 0.15) is 12.7 Å². The molecule has 2 rings (SSSR count). The second-order valence-electron chi connectivity index (χ2n) is 4.25. The number of pyridine rings is 1. The summed E-state index contributed by atoms with van der Waals surface area (Å²) < 4.78 is 0. The third-order valence-corrected chi connectivity index (χ3v) is 2.92. The highest BCUT2D eigenvalue weighted by Gasteiger charge is 2.03. The highest BCUT2D eigenvalue weighted by Crippen LogP contribution is 2.14. The number of hydrogen-bond donors (Lipinski definition) is 0. The van der Waals surface area contributed by atoms with Gasteiger partial charge in [-0.25, -0.2) is 9.97 Å². The summed E-state index contributed by atoms with van der Waals surface area (Å²) in [5, 5.41) is 0. The molecule has 4 nitrogen and oxygen atoms in total. The van der Waals surface area contributed by atoms with Crippen LogP contribution in [-0.4, -0.2) is 40.0 Å². The van der Waals surface area contributed by atoms with Crippen LogP contribution in [0.3, 0.4) is 0 Å². The fourth-order valence-corrected chi connectivity index (χ4v) is 1.64. The zero-order chi connectivity index (χ0) is 12.8. The molecule has 0 radical (unpaired) electrons. The first-order valence-corrected chi connectivity index (χ1v) is 6.20. The van der Waals surface area contributed by atoms with Gasteiger partial charge in [0.2, 0.25) is 0 Å². The van der Waals surface area contributed by atoms with Gasteiger partial charge in [0.05, 0.1) is 5.69 Å². The largest absolute Gasteiger partial charge is 0.306 e. The van der Waals surface area contributed by atoms with E-state index >= 15 is 0 Å². The first-order valence-electron chi connectivity index (χ1n) is 6.20. The third-order valence-electron chi connectivity index (χ3n) is 2.92. The lowest BCUT2D eigenvalue weighted by Crippen LogP contribution is -2.21. The van der Waals surface area contributed by atoms with Crippen LogP contribution in [0.5, 0.6) is 0 Å². The Balaban J connectivity index is 2.11. The fraction of sp³-hybridized carbons (Fsp3) is 0.357. The van der Waals surface area contributed by atoms with Crippen LogP contribution in [0, 0.1) is 0 Å². The van der Waals surface area contributed by atoms with Crippen molar-refractivity contribution in [2.24, 2.45) is 0 Å². The second-order valence-corrected chi connectivity index (χ2v) is 4.25. The van der Waals surface area contributed by atoms with Crippen LogP contribution < -0.4 is 0 Å². The molecule has 0 saturated carbocycles. The number of nitrogens with zero attached hydrogens (tertiary/aromatic N) is 4. The first-order chi connectivity index (χ1) is 8.79. The lowest BCUT2D eigenvalue weighted by molar-refractivity contribution is 0.354. The van der Waals surface area contributed by atoms with E-state index in [4.69, 9.17) is 0 Å². The maximum atomic E-state index is 4.57. The Morgan fingerprint density at radius 1 is 1.22 bits per heavy atom. The van der Waals surface area contributed by atoms with Crippen molar-refractivity contribution in [3.8, 4) is 11.3 Å². The van der Waals surface area contributed by atoms with Gasteiger partial charge in [-0.3, -0.25) is 4.98 Å². The average Bonchev–Trinajstić information content (AvgIpc) is 2.46. The molecule has 0 fully saturated rings. The molecule has 18 heavy (non-hydrogen) atoms. The summed E-state index contributed by atoms with van der Waals surface area (Å²) in [4.78, 5) is 15.2. The van der Waals surface area contributed by atoms with Gasteiger partial charge in [0.1, 0.15) is 5.82 Å². The molecule has 2 aromatic rings. The van der Waals surface area contributed by atoms with Crippen molar-refractivity contribution in [2.45, 2.75) is 13.3 Å². The Hall–Kier alpha value is -1.81. The fourth-order valence-electron chi connectivity index (χ4n) is 1.64. The SMILES string of the molecule is CCN(C)CCc1nccc(-c2cccnc2)n1. The smallest absolute Gasteiger partial charge is 0.130 e. The molecule has 94 valence electrons. The highest BCUT2D eigenvalue weighted by molar-refractivity contribution is 5.56. The van der Waals surface area contributed by atoms with E-state index in [2.05, 4.69) is 33.8 Å². The third kappa shape index (κ3) is 3.34. The number of rotatable bonds is 5. The van der Waals surface area contributed by atoms with E-state index in [1.165, 1.54) is 0 Å². The van der Waals surface area contributed by atoms with Crippen LogP contribution in [0.15, 0.2) is 36.8 Å². The van der Waals surface area contributed by atoms with Crippen LogP contribution in [0.4, 0.5) is 0 Å². The lowest BCUT2D eigenvalue weighted by Gasteiger charge is -2.12. The van der Waals surface area contributed by atoms with Crippen LogP contribution >= 0.6 is 0 Å². The molecule has 0 atom stereocenters. The minimum Gasteiger partial charge on any atom is -0.306 e. The van der Waals surface area contributed by atoms with Crippen molar-refractivity contribution in [3.63, 3.8) is 0 Å².